The summed E-state index contributed by atoms with van der Waals surface area (Å²) in [5.74, 6) is -1.05. The Morgan fingerprint density at radius 2 is 1.93 bits per heavy atom. The van der Waals surface area contributed by atoms with Gasteiger partial charge in [-0.15, -0.1) is 0 Å². The molecule has 0 aliphatic rings. The first-order valence-electron chi connectivity index (χ1n) is 7.87. The molecule has 3 rings (SSSR count). The van der Waals surface area contributed by atoms with Crippen molar-refractivity contribution in [3.05, 3.63) is 75.8 Å². The van der Waals surface area contributed by atoms with Crippen molar-refractivity contribution in [2.45, 2.75) is 0 Å². The SMILES string of the molecule is COc1cc(/C=N/NC(=O)c2ccc3ccccc3c2)cc([N+](=O)[O-])c1O. The largest absolute Gasteiger partial charge is 0.500 e. The number of hydrogen-bond donors (Lipinski definition) is 2. The minimum absolute atomic E-state index is 0.0634. The number of nitrogens with zero attached hydrogens (tertiary/aromatic N) is 2. The standard InChI is InChI=1S/C19H15N3O5/c1-27-17-9-12(8-16(18(17)23)22(25)26)11-20-21-19(24)15-7-6-13-4-2-3-5-14(13)10-15/h2-11,23H,1H3,(H,21,24)/b20-11+. The maximum Gasteiger partial charge on any atom is 0.315 e. The van der Waals surface area contributed by atoms with Crippen LogP contribution < -0.4 is 10.2 Å². The van der Waals surface area contributed by atoms with Crippen LogP contribution in [0.3, 0.4) is 0 Å². The van der Waals surface area contributed by atoms with E-state index in [9.17, 15) is 20.0 Å². The van der Waals surface area contributed by atoms with Gasteiger partial charge in [0.15, 0.2) is 5.75 Å². The number of hydrogen-bond acceptors (Lipinski definition) is 6. The highest BCUT2D eigenvalue weighted by molar-refractivity contribution is 5.99. The molecular formula is C19H15N3O5. The number of nitro groups is 1. The molecule has 8 nitrogen and oxygen atoms in total. The highest BCUT2D eigenvalue weighted by atomic mass is 16.6. The number of ether oxygens (including phenoxy) is 1. The summed E-state index contributed by atoms with van der Waals surface area (Å²) in [5.41, 5.74) is 2.57. The van der Waals surface area contributed by atoms with Gasteiger partial charge in [-0.2, -0.15) is 5.10 Å². The molecule has 0 aliphatic heterocycles. The third kappa shape index (κ3) is 3.84. The Morgan fingerprint density at radius 3 is 2.63 bits per heavy atom. The fraction of sp³-hybridized carbons (Fsp3) is 0.0526. The number of nitro benzene ring substituents is 1. The molecule has 8 heteroatoms. The van der Waals surface area contributed by atoms with Crippen LogP contribution >= 0.6 is 0 Å². The van der Waals surface area contributed by atoms with Crippen molar-refractivity contribution in [3.8, 4) is 11.5 Å². The molecule has 0 spiro atoms. The van der Waals surface area contributed by atoms with Gasteiger partial charge in [0.2, 0.25) is 5.75 Å². The number of phenolic OH excluding ortho intramolecular Hbond substituents is 1. The molecule has 3 aromatic carbocycles. The summed E-state index contributed by atoms with van der Waals surface area (Å²) in [6.45, 7) is 0. The van der Waals surface area contributed by atoms with Gasteiger partial charge in [0.05, 0.1) is 18.2 Å². The van der Waals surface area contributed by atoms with E-state index >= 15 is 0 Å². The number of methoxy groups -OCH3 is 1. The first-order chi connectivity index (χ1) is 13.0. The number of phenols is 1. The van der Waals surface area contributed by atoms with Gasteiger partial charge in [-0.3, -0.25) is 14.9 Å². The van der Waals surface area contributed by atoms with Crippen LogP contribution in [0.1, 0.15) is 15.9 Å². The quantitative estimate of drug-likeness (QED) is 0.409. The summed E-state index contributed by atoms with van der Waals surface area (Å²) in [6, 6.07) is 15.4. The fourth-order valence-electron chi connectivity index (χ4n) is 2.54. The smallest absolute Gasteiger partial charge is 0.315 e. The predicted octanol–water partition coefficient (Wildman–Crippen LogP) is 3.23. The van der Waals surface area contributed by atoms with Gasteiger partial charge in [-0.25, -0.2) is 5.43 Å². The van der Waals surface area contributed by atoms with Crippen LogP contribution in [0.25, 0.3) is 10.8 Å². The van der Waals surface area contributed by atoms with Crippen molar-refractivity contribution in [2.75, 3.05) is 7.11 Å². The van der Waals surface area contributed by atoms with Crippen molar-refractivity contribution in [3.63, 3.8) is 0 Å². The van der Waals surface area contributed by atoms with Crippen LogP contribution in [0.2, 0.25) is 0 Å². The zero-order valence-electron chi connectivity index (χ0n) is 14.2. The van der Waals surface area contributed by atoms with Gasteiger partial charge in [-0.1, -0.05) is 30.3 Å². The monoisotopic (exact) mass is 365 g/mol. The van der Waals surface area contributed by atoms with Crippen molar-refractivity contribution in [2.24, 2.45) is 5.10 Å². The highest BCUT2D eigenvalue weighted by Crippen LogP contribution is 2.36. The maximum atomic E-state index is 12.2. The lowest BCUT2D eigenvalue weighted by Crippen LogP contribution is -2.17. The molecule has 0 heterocycles. The van der Waals surface area contributed by atoms with E-state index in [-0.39, 0.29) is 11.3 Å². The van der Waals surface area contributed by atoms with E-state index in [1.807, 2.05) is 30.3 Å². The second kappa shape index (κ2) is 7.52. The Balaban J connectivity index is 1.79. The van der Waals surface area contributed by atoms with Crippen LogP contribution in [-0.2, 0) is 0 Å². The van der Waals surface area contributed by atoms with E-state index in [2.05, 4.69) is 10.5 Å². The van der Waals surface area contributed by atoms with E-state index in [1.54, 1.807) is 12.1 Å². The molecule has 0 aliphatic carbocycles. The molecule has 0 saturated heterocycles. The van der Waals surface area contributed by atoms with Gasteiger partial charge in [0, 0.05) is 17.2 Å². The minimum atomic E-state index is -0.733. The Bertz CT molecular complexity index is 1060. The topological polar surface area (TPSA) is 114 Å². The molecule has 3 aromatic rings. The Morgan fingerprint density at radius 1 is 1.19 bits per heavy atom. The second-order valence-corrected chi connectivity index (χ2v) is 5.61. The molecule has 0 bridgehead atoms. The first-order valence-corrected chi connectivity index (χ1v) is 7.87. The molecule has 136 valence electrons. The average molecular weight is 365 g/mol. The number of aromatic hydroxyl groups is 1. The minimum Gasteiger partial charge on any atom is -0.500 e. The lowest BCUT2D eigenvalue weighted by atomic mass is 10.1. The summed E-state index contributed by atoms with van der Waals surface area (Å²) >= 11 is 0. The van der Waals surface area contributed by atoms with E-state index in [0.29, 0.717) is 5.56 Å². The summed E-state index contributed by atoms with van der Waals surface area (Å²) in [5, 5.41) is 26.5. The van der Waals surface area contributed by atoms with Crippen molar-refractivity contribution >= 4 is 28.6 Å². The molecule has 0 radical (unpaired) electrons. The first kappa shape index (κ1) is 17.9. The zero-order chi connectivity index (χ0) is 19.4. The molecule has 2 N–H and O–H groups in total. The molecule has 0 aromatic heterocycles. The number of fused-ring (bicyclic) bond motifs is 1. The van der Waals surface area contributed by atoms with Crippen LogP contribution in [0.15, 0.2) is 59.7 Å². The number of benzene rings is 3. The van der Waals surface area contributed by atoms with Crippen molar-refractivity contribution in [1.29, 1.82) is 0 Å². The lowest BCUT2D eigenvalue weighted by Gasteiger charge is -2.05. The van der Waals surface area contributed by atoms with Gasteiger partial charge < -0.3 is 9.84 Å². The second-order valence-electron chi connectivity index (χ2n) is 5.61. The van der Waals surface area contributed by atoms with E-state index in [1.165, 1.54) is 19.4 Å². The third-order valence-electron chi connectivity index (χ3n) is 3.89. The van der Waals surface area contributed by atoms with E-state index in [0.717, 1.165) is 16.8 Å². The Kier molecular flexibility index (Phi) is 4.98. The average Bonchev–Trinajstić information content (AvgIpc) is 2.68. The van der Waals surface area contributed by atoms with Crippen LogP contribution in [0.4, 0.5) is 5.69 Å². The predicted molar refractivity (Wildman–Crippen MR) is 100 cm³/mol. The summed E-state index contributed by atoms with van der Waals surface area (Å²) in [6.07, 6.45) is 1.23. The summed E-state index contributed by atoms with van der Waals surface area (Å²) < 4.78 is 4.91. The Hall–Kier alpha value is -3.94. The number of carbonyl (C=O) groups is 1. The van der Waals surface area contributed by atoms with E-state index in [4.69, 9.17) is 4.74 Å². The fourth-order valence-corrected chi connectivity index (χ4v) is 2.54. The normalized spacial score (nSPS) is 10.9. The number of carbonyl (C=O) groups excluding carboxylic acids is 1. The van der Waals surface area contributed by atoms with Gasteiger partial charge in [-0.05, 0) is 29.0 Å². The van der Waals surface area contributed by atoms with Crippen molar-refractivity contribution in [1.82, 2.24) is 5.43 Å². The molecule has 27 heavy (non-hydrogen) atoms. The number of hydrazone groups is 1. The number of rotatable bonds is 5. The van der Waals surface area contributed by atoms with E-state index < -0.39 is 22.3 Å². The molecule has 0 unspecified atom stereocenters. The maximum absolute atomic E-state index is 12.2. The summed E-state index contributed by atoms with van der Waals surface area (Å²) in [4.78, 5) is 22.5. The van der Waals surface area contributed by atoms with Crippen LogP contribution in [0.5, 0.6) is 11.5 Å². The lowest BCUT2D eigenvalue weighted by molar-refractivity contribution is -0.386. The highest BCUT2D eigenvalue weighted by Gasteiger charge is 2.19. The molecule has 1 amide bonds. The van der Waals surface area contributed by atoms with Gasteiger partial charge >= 0.3 is 5.69 Å². The Labute approximate surface area is 153 Å². The number of nitrogens with one attached hydrogen (secondary N) is 1. The molecular weight excluding hydrogens is 350 g/mol. The van der Waals surface area contributed by atoms with Crippen LogP contribution in [0, 0.1) is 10.1 Å². The van der Waals surface area contributed by atoms with Crippen LogP contribution in [-0.4, -0.2) is 29.3 Å². The molecule has 0 saturated carbocycles. The number of amides is 1. The molecule has 0 atom stereocenters. The molecule has 0 fully saturated rings. The summed E-state index contributed by atoms with van der Waals surface area (Å²) in [7, 11) is 1.28. The zero-order valence-corrected chi connectivity index (χ0v) is 14.2. The van der Waals surface area contributed by atoms with Gasteiger partial charge in [0.1, 0.15) is 0 Å². The third-order valence-corrected chi connectivity index (χ3v) is 3.89. The van der Waals surface area contributed by atoms with Crippen molar-refractivity contribution < 1.29 is 19.6 Å². The van der Waals surface area contributed by atoms with Gasteiger partial charge in [0.25, 0.3) is 5.91 Å².